The maximum Gasteiger partial charge on any atom is 0.233 e. The van der Waals surface area contributed by atoms with Gasteiger partial charge < -0.3 is 15.8 Å². The Kier molecular flexibility index (Phi) is 3.01. The van der Waals surface area contributed by atoms with Crippen LogP contribution in [0.15, 0.2) is 5.16 Å². The molecule has 1 fully saturated rings. The number of rotatable bonds is 1. The molecular weight excluding hydrogens is 166 g/mol. The van der Waals surface area contributed by atoms with Gasteiger partial charge in [-0.25, -0.2) is 0 Å². The normalized spacial score (nSPS) is 23.2. The summed E-state index contributed by atoms with van der Waals surface area (Å²) in [6, 6.07) is 0. The highest BCUT2D eigenvalue weighted by molar-refractivity contribution is 5.77. The summed E-state index contributed by atoms with van der Waals surface area (Å²) in [5.74, 6) is 0.248. The van der Waals surface area contributed by atoms with Crippen molar-refractivity contribution in [1.29, 1.82) is 0 Å². The number of guanidine groups is 1. The van der Waals surface area contributed by atoms with E-state index in [9.17, 15) is 0 Å². The highest BCUT2D eigenvalue weighted by atomic mass is 16.4. The highest BCUT2D eigenvalue weighted by Crippen LogP contribution is 2.33. The minimum Gasteiger partial charge on any atom is -0.408 e. The maximum atomic E-state index is 8.50. The van der Waals surface area contributed by atoms with Crippen LogP contribution in [-0.4, -0.2) is 29.2 Å². The Labute approximate surface area is 79.4 Å². The largest absolute Gasteiger partial charge is 0.408 e. The SMILES string of the molecule is CCC1(C)CCN(C(N)=NO)CC1. The van der Waals surface area contributed by atoms with Crippen molar-refractivity contribution in [1.82, 2.24) is 4.90 Å². The quantitative estimate of drug-likeness (QED) is 0.279. The van der Waals surface area contributed by atoms with Gasteiger partial charge in [0.05, 0.1) is 0 Å². The summed E-state index contributed by atoms with van der Waals surface area (Å²) < 4.78 is 0. The van der Waals surface area contributed by atoms with Gasteiger partial charge in [-0.05, 0) is 18.3 Å². The molecule has 0 unspecified atom stereocenters. The standard InChI is InChI=1S/C9H19N3O/c1-3-9(2)4-6-12(7-5-9)8(10)11-13/h13H,3-7H2,1-2H3,(H2,10,11). The van der Waals surface area contributed by atoms with E-state index in [1.807, 2.05) is 4.90 Å². The van der Waals surface area contributed by atoms with E-state index >= 15 is 0 Å². The van der Waals surface area contributed by atoms with Gasteiger partial charge in [0.25, 0.3) is 0 Å². The third kappa shape index (κ3) is 2.26. The van der Waals surface area contributed by atoms with E-state index in [1.165, 1.54) is 6.42 Å². The Morgan fingerprint density at radius 3 is 2.46 bits per heavy atom. The second-order valence-electron chi connectivity index (χ2n) is 4.11. The van der Waals surface area contributed by atoms with E-state index in [1.54, 1.807) is 0 Å². The van der Waals surface area contributed by atoms with Gasteiger partial charge >= 0.3 is 0 Å². The lowest BCUT2D eigenvalue weighted by Crippen LogP contribution is -2.45. The van der Waals surface area contributed by atoms with Gasteiger partial charge in [0.2, 0.25) is 5.96 Å². The molecule has 0 spiro atoms. The lowest BCUT2D eigenvalue weighted by molar-refractivity contribution is 0.157. The van der Waals surface area contributed by atoms with Crippen LogP contribution in [0, 0.1) is 5.41 Å². The van der Waals surface area contributed by atoms with Crippen LogP contribution in [0.3, 0.4) is 0 Å². The van der Waals surface area contributed by atoms with Gasteiger partial charge in [-0.15, -0.1) is 0 Å². The first-order valence-electron chi connectivity index (χ1n) is 4.84. The zero-order valence-electron chi connectivity index (χ0n) is 8.45. The Hall–Kier alpha value is -0.930. The number of oxime groups is 1. The number of nitrogens with zero attached hydrogens (tertiary/aromatic N) is 2. The Balaban J connectivity index is 2.48. The molecule has 4 nitrogen and oxygen atoms in total. The molecule has 0 aromatic rings. The maximum absolute atomic E-state index is 8.50. The summed E-state index contributed by atoms with van der Waals surface area (Å²) in [5, 5.41) is 11.5. The molecule has 0 bridgehead atoms. The van der Waals surface area contributed by atoms with E-state index in [4.69, 9.17) is 10.9 Å². The molecule has 13 heavy (non-hydrogen) atoms. The molecule has 76 valence electrons. The number of nitrogens with two attached hydrogens (primary N) is 1. The summed E-state index contributed by atoms with van der Waals surface area (Å²) >= 11 is 0. The lowest BCUT2D eigenvalue weighted by Gasteiger charge is -2.38. The molecule has 0 aromatic carbocycles. The fourth-order valence-corrected chi connectivity index (χ4v) is 1.69. The van der Waals surface area contributed by atoms with Gasteiger partial charge in [-0.3, -0.25) is 0 Å². The van der Waals surface area contributed by atoms with Crippen molar-refractivity contribution >= 4 is 5.96 Å². The van der Waals surface area contributed by atoms with Crippen LogP contribution in [0.5, 0.6) is 0 Å². The molecule has 0 amide bonds. The molecular formula is C9H19N3O. The van der Waals surface area contributed by atoms with Crippen LogP contribution in [0.4, 0.5) is 0 Å². The van der Waals surface area contributed by atoms with Crippen LogP contribution in [0.1, 0.15) is 33.1 Å². The zero-order valence-corrected chi connectivity index (χ0v) is 8.45. The Bertz CT molecular complexity index is 195. The number of hydrogen-bond acceptors (Lipinski definition) is 2. The summed E-state index contributed by atoms with van der Waals surface area (Å²) in [6.45, 7) is 6.33. The predicted molar refractivity (Wildman–Crippen MR) is 52.6 cm³/mol. The van der Waals surface area contributed by atoms with Crippen LogP contribution in [-0.2, 0) is 0 Å². The fraction of sp³-hybridized carbons (Fsp3) is 0.889. The zero-order chi connectivity index (χ0) is 9.90. The summed E-state index contributed by atoms with van der Waals surface area (Å²) in [7, 11) is 0. The number of piperidine rings is 1. The Morgan fingerprint density at radius 2 is 2.08 bits per heavy atom. The number of hydrogen-bond donors (Lipinski definition) is 2. The summed E-state index contributed by atoms with van der Waals surface area (Å²) in [6.07, 6.45) is 3.45. The first kappa shape index (κ1) is 10.2. The molecule has 0 aliphatic carbocycles. The van der Waals surface area contributed by atoms with Crippen LogP contribution >= 0.6 is 0 Å². The van der Waals surface area contributed by atoms with E-state index in [2.05, 4.69) is 19.0 Å². The van der Waals surface area contributed by atoms with Crippen molar-refractivity contribution in [2.24, 2.45) is 16.3 Å². The van der Waals surface area contributed by atoms with Crippen LogP contribution in [0.25, 0.3) is 0 Å². The molecule has 0 aromatic heterocycles. The summed E-state index contributed by atoms with van der Waals surface area (Å²) in [4.78, 5) is 1.93. The van der Waals surface area contributed by atoms with Gasteiger partial charge in [-0.1, -0.05) is 25.4 Å². The fourth-order valence-electron chi connectivity index (χ4n) is 1.69. The van der Waals surface area contributed by atoms with Crippen LogP contribution in [0.2, 0.25) is 0 Å². The second-order valence-corrected chi connectivity index (χ2v) is 4.11. The molecule has 3 N–H and O–H groups in total. The van der Waals surface area contributed by atoms with Crippen molar-refractivity contribution in [3.05, 3.63) is 0 Å². The molecule has 1 aliphatic rings. The first-order valence-corrected chi connectivity index (χ1v) is 4.84. The first-order chi connectivity index (χ1) is 6.11. The van der Waals surface area contributed by atoms with Crippen molar-refractivity contribution in [2.45, 2.75) is 33.1 Å². The predicted octanol–water partition coefficient (Wildman–Crippen LogP) is 1.20. The molecule has 4 heteroatoms. The second kappa shape index (κ2) is 3.85. The van der Waals surface area contributed by atoms with Crippen LogP contribution < -0.4 is 5.73 Å². The third-order valence-electron chi connectivity index (χ3n) is 3.25. The lowest BCUT2D eigenvalue weighted by atomic mass is 9.78. The molecule has 1 saturated heterocycles. The van der Waals surface area contributed by atoms with Gasteiger partial charge in [0, 0.05) is 13.1 Å². The molecule has 1 heterocycles. The van der Waals surface area contributed by atoms with Gasteiger partial charge in [0.15, 0.2) is 0 Å². The van der Waals surface area contributed by atoms with Gasteiger partial charge in [0.1, 0.15) is 0 Å². The Morgan fingerprint density at radius 1 is 1.54 bits per heavy atom. The average molecular weight is 185 g/mol. The van der Waals surface area contributed by atoms with E-state index in [0.717, 1.165) is 25.9 Å². The van der Waals surface area contributed by atoms with E-state index in [0.29, 0.717) is 5.41 Å². The molecule has 0 radical (unpaired) electrons. The summed E-state index contributed by atoms with van der Waals surface area (Å²) in [5.41, 5.74) is 5.95. The minimum atomic E-state index is 0.248. The molecule has 1 aliphatic heterocycles. The topological polar surface area (TPSA) is 61.8 Å². The smallest absolute Gasteiger partial charge is 0.233 e. The average Bonchev–Trinajstić information content (AvgIpc) is 2.18. The molecule has 1 rings (SSSR count). The molecule has 0 saturated carbocycles. The van der Waals surface area contributed by atoms with Gasteiger partial charge in [-0.2, -0.15) is 0 Å². The van der Waals surface area contributed by atoms with E-state index < -0.39 is 0 Å². The van der Waals surface area contributed by atoms with Crippen molar-refractivity contribution < 1.29 is 5.21 Å². The van der Waals surface area contributed by atoms with Crippen molar-refractivity contribution in [3.8, 4) is 0 Å². The highest BCUT2D eigenvalue weighted by Gasteiger charge is 2.28. The minimum absolute atomic E-state index is 0.248. The number of likely N-dealkylation sites (tertiary alicyclic amines) is 1. The third-order valence-corrected chi connectivity index (χ3v) is 3.25. The van der Waals surface area contributed by atoms with E-state index in [-0.39, 0.29) is 5.96 Å². The van der Waals surface area contributed by atoms with Crippen molar-refractivity contribution in [2.75, 3.05) is 13.1 Å². The van der Waals surface area contributed by atoms with Crippen molar-refractivity contribution in [3.63, 3.8) is 0 Å². The molecule has 0 atom stereocenters. The monoisotopic (exact) mass is 185 g/mol.